The van der Waals surface area contributed by atoms with Gasteiger partial charge >= 0.3 is 0 Å². The second-order valence-electron chi connectivity index (χ2n) is 5.19. The fourth-order valence-electron chi connectivity index (χ4n) is 2.35. The van der Waals surface area contributed by atoms with Gasteiger partial charge in [0.05, 0.1) is 14.9 Å². The summed E-state index contributed by atoms with van der Waals surface area (Å²) in [5, 5.41) is 5.96. The molecule has 1 saturated carbocycles. The second kappa shape index (κ2) is 6.06. The van der Waals surface area contributed by atoms with Crippen LogP contribution in [0.15, 0.2) is 15.2 Å². The molecule has 1 aliphatic rings. The molecule has 0 spiro atoms. The van der Waals surface area contributed by atoms with E-state index in [2.05, 4.69) is 44.1 Å². The van der Waals surface area contributed by atoms with Crippen molar-refractivity contribution in [3.05, 3.63) is 20.8 Å². The SMILES string of the molecule is CC1CCC(CBr)(NC(=O)c2csc(Br)c2)CC1. The van der Waals surface area contributed by atoms with Crippen LogP contribution in [-0.4, -0.2) is 16.8 Å². The first-order valence-corrected chi connectivity index (χ1v) is 8.96. The molecule has 0 saturated heterocycles. The van der Waals surface area contributed by atoms with Crippen molar-refractivity contribution in [3.63, 3.8) is 0 Å². The summed E-state index contributed by atoms with van der Waals surface area (Å²) in [6, 6.07) is 1.88. The van der Waals surface area contributed by atoms with Gasteiger partial charge < -0.3 is 5.32 Å². The summed E-state index contributed by atoms with van der Waals surface area (Å²) in [4.78, 5) is 12.2. The van der Waals surface area contributed by atoms with E-state index in [1.54, 1.807) is 11.3 Å². The minimum absolute atomic E-state index is 0.0472. The summed E-state index contributed by atoms with van der Waals surface area (Å²) in [6.07, 6.45) is 4.52. The Morgan fingerprint density at radius 1 is 1.56 bits per heavy atom. The van der Waals surface area contributed by atoms with Crippen LogP contribution in [0.25, 0.3) is 0 Å². The van der Waals surface area contributed by atoms with Crippen LogP contribution in [0.1, 0.15) is 43.0 Å². The highest BCUT2D eigenvalue weighted by Gasteiger charge is 2.34. The summed E-state index contributed by atoms with van der Waals surface area (Å²) >= 11 is 8.51. The summed E-state index contributed by atoms with van der Waals surface area (Å²) < 4.78 is 0.998. The smallest absolute Gasteiger partial charge is 0.252 e. The summed E-state index contributed by atoms with van der Waals surface area (Å²) in [7, 11) is 0. The van der Waals surface area contributed by atoms with Gasteiger partial charge in [0.25, 0.3) is 5.91 Å². The first-order valence-electron chi connectivity index (χ1n) is 6.17. The van der Waals surface area contributed by atoms with E-state index < -0.39 is 0 Å². The van der Waals surface area contributed by atoms with Gasteiger partial charge in [0, 0.05) is 10.7 Å². The van der Waals surface area contributed by atoms with Crippen molar-refractivity contribution in [1.82, 2.24) is 5.32 Å². The largest absolute Gasteiger partial charge is 0.346 e. The van der Waals surface area contributed by atoms with Crippen molar-refractivity contribution in [2.24, 2.45) is 5.92 Å². The molecule has 1 fully saturated rings. The minimum Gasteiger partial charge on any atom is -0.346 e. The van der Waals surface area contributed by atoms with E-state index >= 15 is 0 Å². The van der Waals surface area contributed by atoms with Crippen molar-refractivity contribution in [2.45, 2.75) is 38.1 Å². The van der Waals surface area contributed by atoms with Crippen LogP contribution in [0.4, 0.5) is 0 Å². The number of carbonyl (C=O) groups excluding carboxylic acids is 1. The Hall–Kier alpha value is 0.130. The highest BCUT2D eigenvalue weighted by Crippen LogP contribution is 2.33. The lowest BCUT2D eigenvalue weighted by molar-refractivity contribution is 0.0875. The number of halogens is 2. The average Bonchev–Trinajstić information content (AvgIpc) is 2.79. The second-order valence-corrected chi connectivity index (χ2v) is 8.04. The Morgan fingerprint density at radius 3 is 2.72 bits per heavy atom. The Balaban J connectivity index is 2.04. The molecule has 1 aromatic heterocycles. The van der Waals surface area contributed by atoms with Crippen LogP contribution < -0.4 is 5.32 Å². The Labute approximate surface area is 129 Å². The van der Waals surface area contributed by atoms with E-state index in [9.17, 15) is 4.79 Å². The molecule has 100 valence electrons. The molecule has 0 aliphatic heterocycles. The molecule has 2 nitrogen and oxygen atoms in total. The van der Waals surface area contributed by atoms with Gasteiger partial charge in [0.15, 0.2) is 0 Å². The molecule has 5 heteroatoms. The lowest BCUT2D eigenvalue weighted by atomic mass is 9.78. The van der Waals surface area contributed by atoms with Crippen LogP contribution in [0, 0.1) is 5.92 Å². The third kappa shape index (κ3) is 3.36. The number of hydrogen-bond donors (Lipinski definition) is 1. The zero-order chi connectivity index (χ0) is 13.2. The number of alkyl halides is 1. The first-order chi connectivity index (χ1) is 8.54. The van der Waals surface area contributed by atoms with Crippen molar-refractivity contribution in [1.29, 1.82) is 0 Å². The molecule has 1 N–H and O–H groups in total. The monoisotopic (exact) mass is 393 g/mol. The molecule has 1 aromatic rings. The number of thiophene rings is 1. The van der Waals surface area contributed by atoms with Gasteiger partial charge in [0.1, 0.15) is 0 Å². The fraction of sp³-hybridized carbons (Fsp3) is 0.615. The average molecular weight is 395 g/mol. The normalized spacial score (nSPS) is 28.1. The maximum atomic E-state index is 12.2. The maximum absolute atomic E-state index is 12.2. The number of carbonyl (C=O) groups is 1. The number of amides is 1. The van der Waals surface area contributed by atoms with Crippen LogP contribution in [0.5, 0.6) is 0 Å². The Morgan fingerprint density at radius 2 is 2.22 bits per heavy atom. The quantitative estimate of drug-likeness (QED) is 0.746. The highest BCUT2D eigenvalue weighted by molar-refractivity contribution is 9.11. The van der Waals surface area contributed by atoms with E-state index in [4.69, 9.17) is 0 Å². The van der Waals surface area contributed by atoms with Crippen LogP contribution in [0.2, 0.25) is 0 Å². The topological polar surface area (TPSA) is 29.1 Å². The van der Waals surface area contributed by atoms with E-state index in [0.717, 1.165) is 33.4 Å². The number of nitrogens with one attached hydrogen (secondary N) is 1. The van der Waals surface area contributed by atoms with Crippen LogP contribution in [-0.2, 0) is 0 Å². The maximum Gasteiger partial charge on any atom is 0.252 e. The molecule has 0 bridgehead atoms. The predicted octanol–water partition coefficient (Wildman–Crippen LogP) is 4.58. The number of rotatable bonds is 3. The molecular formula is C13H17Br2NOS. The molecule has 0 atom stereocenters. The molecule has 0 aromatic carbocycles. The predicted molar refractivity (Wildman–Crippen MR) is 83.6 cm³/mol. The van der Waals surface area contributed by atoms with Crippen molar-refractivity contribution >= 4 is 49.1 Å². The fourth-order valence-corrected chi connectivity index (χ4v) is 4.19. The Kier molecular flexibility index (Phi) is 4.89. The molecule has 0 radical (unpaired) electrons. The summed E-state index contributed by atoms with van der Waals surface area (Å²) in [5.74, 6) is 0.829. The Bertz CT molecular complexity index is 424. The van der Waals surface area contributed by atoms with Crippen molar-refractivity contribution in [2.75, 3.05) is 5.33 Å². The minimum atomic E-state index is -0.0575. The van der Waals surface area contributed by atoms with Gasteiger partial charge in [-0.3, -0.25) is 4.79 Å². The van der Waals surface area contributed by atoms with E-state index in [1.807, 2.05) is 11.4 Å². The highest BCUT2D eigenvalue weighted by atomic mass is 79.9. The molecule has 1 aliphatic carbocycles. The third-order valence-electron chi connectivity index (χ3n) is 3.70. The molecular weight excluding hydrogens is 378 g/mol. The zero-order valence-electron chi connectivity index (χ0n) is 10.3. The van der Waals surface area contributed by atoms with Crippen molar-refractivity contribution in [3.8, 4) is 0 Å². The number of hydrogen-bond acceptors (Lipinski definition) is 2. The van der Waals surface area contributed by atoms with E-state index in [-0.39, 0.29) is 11.4 Å². The van der Waals surface area contributed by atoms with Gasteiger partial charge in [-0.1, -0.05) is 22.9 Å². The lowest BCUT2D eigenvalue weighted by Crippen LogP contribution is -2.51. The lowest BCUT2D eigenvalue weighted by Gasteiger charge is -2.38. The molecule has 1 heterocycles. The molecule has 2 rings (SSSR count). The molecule has 1 amide bonds. The molecule has 0 unspecified atom stereocenters. The van der Waals surface area contributed by atoms with Gasteiger partial charge in [-0.2, -0.15) is 0 Å². The van der Waals surface area contributed by atoms with Gasteiger partial charge in [-0.25, -0.2) is 0 Å². The zero-order valence-corrected chi connectivity index (χ0v) is 14.3. The van der Waals surface area contributed by atoms with Crippen molar-refractivity contribution < 1.29 is 4.79 Å². The summed E-state index contributed by atoms with van der Waals surface area (Å²) in [5.41, 5.74) is 0.698. The van der Waals surface area contributed by atoms with Crippen LogP contribution in [0.3, 0.4) is 0 Å². The van der Waals surface area contributed by atoms with E-state index in [0.29, 0.717) is 0 Å². The van der Waals surface area contributed by atoms with E-state index in [1.165, 1.54) is 12.8 Å². The molecule has 18 heavy (non-hydrogen) atoms. The van der Waals surface area contributed by atoms with Gasteiger partial charge in [0.2, 0.25) is 0 Å². The van der Waals surface area contributed by atoms with Gasteiger partial charge in [-0.15, -0.1) is 11.3 Å². The summed E-state index contributed by atoms with van der Waals surface area (Å²) in [6.45, 7) is 2.29. The van der Waals surface area contributed by atoms with Crippen LogP contribution >= 0.6 is 43.2 Å². The standard InChI is InChI=1S/C13H17Br2NOS/c1-9-2-4-13(8-14,5-3-9)16-12(17)10-6-11(15)18-7-10/h6-7,9H,2-5,8H2,1H3,(H,16,17). The first kappa shape index (κ1) is 14.5. The van der Waals surface area contributed by atoms with Gasteiger partial charge in [-0.05, 0) is 53.6 Å². The third-order valence-corrected chi connectivity index (χ3v) is 6.27.